The number of anilines is 2. The SMILES string of the molecule is O=Cc1ccc(N2CCN(c3nccs3)CC2)c(Cl)c1. The molecule has 3 rings (SSSR count). The van der Waals surface area contributed by atoms with Gasteiger partial charge in [0, 0.05) is 43.3 Å². The fraction of sp³-hybridized carbons (Fsp3) is 0.286. The van der Waals surface area contributed by atoms with E-state index in [9.17, 15) is 4.79 Å². The highest BCUT2D eigenvalue weighted by molar-refractivity contribution is 7.13. The largest absolute Gasteiger partial charge is 0.367 e. The molecular formula is C14H14ClN3OS. The van der Waals surface area contributed by atoms with Crippen molar-refractivity contribution in [3.8, 4) is 0 Å². The Kier molecular flexibility index (Phi) is 3.89. The molecule has 0 spiro atoms. The molecule has 0 atom stereocenters. The van der Waals surface area contributed by atoms with Gasteiger partial charge in [-0.1, -0.05) is 11.6 Å². The van der Waals surface area contributed by atoms with Crippen LogP contribution in [0.5, 0.6) is 0 Å². The van der Waals surface area contributed by atoms with Crippen LogP contribution < -0.4 is 9.80 Å². The summed E-state index contributed by atoms with van der Waals surface area (Å²) in [6.07, 6.45) is 2.65. The first-order valence-electron chi connectivity index (χ1n) is 6.42. The molecule has 2 aromatic rings. The number of halogens is 1. The van der Waals surface area contributed by atoms with Crippen molar-refractivity contribution < 1.29 is 4.79 Å². The highest BCUT2D eigenvalue weighted by Gasteiger charge is 2.20. The standard InChI is InChI=1S/C14H14ClN3OS/c15-12-9-11(10-19)1-2-13(12)17-4-6-18(7-5-17)14-16-3-8-20-14/h1-3,8-10H,4-7H2. The van der Waals surface area contributed by atoms with E-state index in [0.29, 0.717) is 10.6 Å². The van der Waals surface area contributed by atoms with Gasteiger partial charge in [0.15, 0.2) is 5.13 Å². The summed E-state index contributed by atoms with van der Waals surface area (Å²) >= 11 is 7.92. The van der Waals surface area contributed by atoms with Gasteiger partial charge >= 0.3 is 0 Å². The van der Waals surface area contributed by atoms with Crippen LogP contribution >= 0.6 is 22.9 Å². The number of piperazine rings is 1. The second-order valence-electron chi connectivity index (χ2n) is 4.62. The van der Waals surface area contributed by atoms with E-state index >= 15 is 0 Å². The molecule has 0 radical (unpaired) electrons. The highest BCUT2D eigenvalue weighted by atomic mass is 35.5. The van der Waals surface area contributed by atoms with Crippen molar-refractivity contribution in [3.05, 3.63) is 40.4 Å². The molecule has 0 N–H and O–H groups in total. The molecule has 1 aliphatic rings. The minimum atomic E-state index is 0.611. The van der Waals surface area contributed by atoms with Gasteiger partial charge in [0.25, 0.3) is 0 Å². The summed E-state index contributed by atoms with van der Waals surface area (Å²) in [5.74, 6) is 0. The number of aromatic nitrogens is 1. The normalized spacial score (nSPS) is 15.4. The van der Waals surface area contributed by atoms with E-state index in [1.54, 1.807) is 23.5 Å². The molecule has 0 aliphatic carbocycles. The Morgan fingerprint density at radius 3 is 2.55 bits per heavy atom. The van der Waals surface area contributed by atoms with Crippen LogP contribution in [0.3, 0.4) is 0 Å². The van der Waals surface area contributed by atoms with E-state index in [2.05, 4.69) is 14.8 Å². The van der Waals surface area contributed by atoms with E-state index in [4.69, 9.17) is 11.6 Å². The number of rotatable bonds is 3. The number of carbonyl (C=O) groups excluding carboxylic acids is 1. The predicted molar refractivity (Wildman–Crippen MR) is 83.4 cm³/mol. The molecule has 0 bridgehead atoms. The molecule has 2 heterocycles. The van der Waals surface area contributed by atoms with Crippen LogP contribution in [0.1, 0.15) is 10.4 Å². The van der Waals surface area contributed by atoms with Crippen LogP contribution in [-0.2, 0) is 0 Å². The van der Waals surface area contributed by atoms with Crippen LogP contribution in [0.4, 0.5) is 10.8 Å². The first-order valence-corrected chi connectivity index (χ1v) is 7.68. The number of nitrogens with zero attached hydrogens (tertiary/aromatic N) is 3. The molecule has 0 saturated carbocycles. The molecule has 20 heavy (non-hydrogen) atoms. The quantitative estimate of drug-likeness (QED) is 0.817. The summed E-state index contributed by atoms with van der Waals surface area (Å²) in [6, 6.07) is 5.45. The maximum Gasteiger partial charge on any atom is 0.185 e. The summed E-state index contributed by atoms with van der Waals surface area (Å²) in [5.41, 5.74) is 1.61. The fourth-order valence-corrected chi connectivity index (χ4v) is 3.37. The third kappa shape index (κ3) is 2.64. The number of benzene rings is 1. The Morgan fingerprint density at radius 1 is 1.20 bits per heavy atom. The van der Waals surface area contributed by atoms with Gasteiger partial charge < -0.3 is 9.80 Å². The van der Waals surface area contributed by atoms with Crippen molar-refractivity contribution >= 4 is 40.0 Å². The third-order valence-electron chi connectivity index (χ3n) is 3.42. The van der Waals surface area contributed by atoms with Crippen LogP contribution in [0.15, 0.2) is 29.8 Å². The molecule has 1 fully saturated rings. The first kappa shape index (κ1) is 13.4. The zero-order valence-corrected chi connectivity index (χ0v) is 12.4. The summed E-state index contributed by atoms with van der Waals surface area (Å²) in [5, 5.41) is 3.71. The van der Waals surface area contributed by atoms with E-state index in [0.717, 1.165) is 43.3 Å². The smallest absolute Gasteiger partial charge is 0.185 e. The fourth-order valence-electron chi connectivity index (χ4n) is 2.36. The molecule has 1 aliphatic heterocycles. The van der Waals surface area contributed by atoms with Crippen molar-refractivity contribution in [2.75, 3.05) is 36.0 Å². The number of hydrogen-bond acceptors (Lipinski definition) is 5. The van der Waals surface area contributed by atoms with E-state index in [-0.39, 0.29) is 0 Å². The zero-order valence-electron chi connectivity index (χ0n) is 10.8. The van der Waals surface area contributed by atoms with E-state index < -0.39 is 0 Å². The molecule has 4 nitrogen and oxygen atoms in total. The molecule has 1 saturated heterocycles. The Morgan fingerprint density at radius 2 is 1.95 bits per heavy atom. The number of thiazole rings is 1. The predicted octanol–water partition coefficient (Wildman–Crippen LogP) is 2.94. The van der Waals surface area contributed by atoms with Crippen LogP contribution in [0.25, 0.3) is 0 Å². The lowest BCUT2D eigenvalue weighted by atomic mass is 10.2. The zero-order chi connectivity index (χ0) is 13.9. The minimum absolute atomic E-state index is 0.611. The van der Waals surface area contributed by atoms with Gasteiger partial charge in [-0.2, -0.15) is 0 Å². The van der Waals surface area contributed by atoms with Crippen molar-refractivity contribution in [1.29, 1.82) is 0 Å². The second-order valence-corrected chi connectivity index (χ2v) is 5.90. The van der Waals surface area contributed by atoms with Crippen LogP contribution in [0.2, 0.25) is 5.02 Å². The van der Waals surface area contributed by atoms with Gasteiger partial charge in [-0.05, 0) is 18.2 Å². The molecule has 1 aromatic heterocycles. The maximum atomic E-state index is 10.7. The lowest BCUT2D eigenvalue weighted by molar-refractivity contribution is 0.112. The third-order valence-corrected chi connectivity index (χ3v) is 4.55. The lowest BCUT2D eigenvalue weighted by Gasteiger charge is -2.36. The molecule has 6 heteroatoms. The maximum absolute atomic E-state index is 10.7. The Labute approximate surface area is 126 Å². The van der Waals surface area contributed by atoms with Gasteiger partial charge in [0.1, 0.15) is 6.29 Å². The van der Waals surface area contributed by atoms with Crippen molar-refractivity contribution in [1.82, 2.24) is 4.98 Å². The summed E-state index contributed by atoms with van der Waals surface area (Å²) in [4.78, 5) is 19.6. The van der Waals surface area contributed by atoms with Gasteiger partial charge in [-0.3, -0.25) is 4.79 Å². The second kappa shape index (κ2) is 5.81. The monoisotopic (exact) mass is 307 g/mol. The van der Waals surface area contributed by atoms with E-state index in [1.165, 1.54) is 0 Å². The number of aldehydes is 1. The molecule has 0 unspecified atom stereocenters. The summed E-state index contributed by atoms with van der Waals surface area (Å²) in [7, 11) is 0. The van der Waals surface area contributed by atoms with Crippen molar-refractivity contribution in [3.63, 3.8) is 0 Å². The Balaban J connectivity index is 1.70. The molecule has 104 valence electrons. The Bertz CT molecular complexity index is 594. The highest BCUT2D eigenvalue weighted by Crippen LogP contribution is 2.28. The molecular weight excluding hydrogens is 294 g/mol. The van der Waals surface area contributed by atoms with Crippen LogP contribution in [0, 0.1) is 0 Å². The van der Waals surface area contributed by atoms with E-state index in [1.807, 2.05) is 17.6 Å². The van der Waals surface area contributed by atoms with Gasteiger partial charge in [0.05, 0.1) is 10.7 Å². The number of hydrogen-bond donors (Lipinski definition) is 0. The first-order chi connectivity index (χ1) is 9.78. The summed E-state index contributed by atoms with van der Waals surface area (Å²) in [6.45, 7) is 3.66. The minimum Gasteiger partial charge on any atom is -0.367 e. The average Bonchev–Trinajstić information content (AvgIpc) is 3.01. The molecule has 0 amide bonds. The molecule has 1 aromatic carbocycles. The number of carbonyl (C=O) groups is 1. The lowest BCUT2D eigenvalue weighted by Crippen LogP contribution is -2.46. The average molecular weight is 308 g/mol. The van der Waals surface area contributed by atoms with Crippen molar-refractivity contribution in [2.45, 2.75) is 0 Å². The van der Waals surface area contributed by atoms with Crippen molar-refractivity contribution in [2.24, 2.45) is 0 Å². The van der Waals surface area contributed by atoms with Gasteiger partial charge in [0.2, 0.25) is 0 Å². The summed E-state index contributed by atoms with van der Waals surface area (Å²) < 4.78 is 0. The topological polar surface area (TPSA) is 36.4 Å². The van der Waals surface area contributed by atoms with Gasteiger partial charge in [-0.25, -0.2) is 4.98 Å². The van der Waals surface area contributed by atoms with Crippen LogP contribution in [-0.4, -0.2) is 37.4 Å². The Hall–Kier alpha value is -1.59. The van der Waals surface area contributed by atoms with Gasteiger partial charge in [-0.15, -0.1) is 11.3 Å².